The smallest absolute Gasteiger partial charge is 0.164 e. The number of rotatable bonds is 4. The van der Waals surface area contributed by atoms with E-state index in [1.807, 2.05) is 6.07 Å². The van der Waals surface area contributed by atoms with Gasteiger partial charge in [-0.1, -0.05) is 121 Å². The fraction of sp³-hybridized carbons (Fsp3) is 0. The molecule has 0 saturated carbocycles. The predicted octanol–water partition coefficient (Wildman–Crippen LogP) is 11.9. The first-order valence-corrected chi connectivity index (χ1v) is 16.4. The molecule has 0 unspecified atom stereocenters. The second-order valence-electron chi connectivity index (χ2n) is 12.5. The summed E-state index contributed by atoms with van der Waals surface area (Å²) in [6, 6.07) is 57.1. The lowest BCUT2D eigenvalue weighted by Crippen LogP contribution is -2.00. The Labute approximate surface area is 282 Å². The van der Waals surface area contributed by atoms with Crippen LogP contribution in [0.3, 0.4) is 0 Å². The van der Waals surface area contributed by atoms with Gasteiger partial charge in [0.15, 0.2) is 17.5 Å². The van der Waals surface area contributed by atoms with Crippen LogP contribution in [0.15, 0.2) is 168 Å². The van der Waals surface area contributed by atoms with Crippen LogP contribution < -0.4 is 0 Å². The highest BCUT2D eigenvalue weighted by atomic mass is 16.3. The normalized spacial score (nSPS) is 11.7. The van der Waals surface area contributed by atoms with Crippen molar-refractivity contribution in [2.24, 2.45) is 0 Å². The van der Waals surface area contributed by atoms with E-state index in [0.29, 0.717) is 17.5 Å². The van der Waals surface area contributed by atoms with E-state index in [-0.39, 0.29) is 0 Å². The Bertz CT molecular complexity index is 2890. The van der Waals surface area contributed by atoms with E-state index in [1.165, 1.54) is 21.9 Å². The zero-order chi connectivity index (χ0) is 32.3. The molecule has 0 fully saturated rings. The summed E-state index contributed by atoms with van der Waals surface area (Å²) in [5.41, 5.74) is 6.80. The van der Waals surface area contributed by atoms with Gasteiger partial charge in [0, 0.05) is 27.5 Å². The van der Waals surface area contributed by atoms with Gasteiger partial charge in [0.2, 0.25) is 0 Å². The van der Waals surface area contributed by atoms with Gasteiger partial charge < -0.3 is 4.42 Å². The monoisotopic (exact) mass is 625 g/mol. The quantitative estimate of drug-likeness (QED) is 0.195. The molecule has 0 amide bonds. The lowest BCUT2D eigenvalue weighted by Gasteiger charge is -2.10. The molecule has 10 rings (SSSR count). The largest absolute Gasteiger partial charge is 0.456 e. The van der Waals surface area contributed by atoms with Crippen molar-refractivity contribution in [3.63, 3.8) is 0 Å². The van der Waals surface area contributed by atoms with Crippen molar-refractivity contribution in [2.45, 2.75) is 0 Å². The van der Waals surface area contributed by atoms with Gasteiger partial charge >= 0.3 is 0 Å². The van der Waals surface area contributed by atoms with Crippen molar-refractivity contribution in [3.8, 4) is 45.3 Å². The first-order chi connectivity index (χ1) is 24.2. The molecular formula is C45H27N3O. The fourth-order valence-corrected chi connectivity index (χ4v) is 6.89. The van der Waals surface area contributed by atoms with E-state index in [1.54, 1.807) is 0 Å². The molecule has 0 spiro atoms. The maximum Gasteiger partial charge on any atom is 0.164 e. The van der Waals surface area contributed by atoms with Crippen molar-refractivity contribution in [1.29, 1.82) is 0 Å². The molecule has 10 aromatic rings. The Kier molecular flexibility index (Phi) is 6.15. The van der Waals surface area contributed by atoms with Crippen LogP contribution in [0.2, 0.25) is 0 Å². The van der Waals surface area contributed by atoms with Crippen LogP contribution in [0.25, 0.3) is 99.5 Å². The molecule has 0 bridgehead atoms. The Hall–Kier alpha value is -6.65. The van der Waals surface area contributed by atoms with Gasteiger partial charge in [-0.15, -0.1) is 0 Å². The molecule has 0 N–H and O–H groups in total. The maximum absolute atomic E-state index is 6.42. The average Bonchev–Trinajstić information content (AvgIpc) is 3.53. The van der Waals surface area contributed by atoms with Gasteiger partial charge in [0.05, 0.1) is 0 Å². The van der Waals surface area contributed by atoms with E-state index in [0.717, 1.165) is 60.2 Å². The van der Waals surface area contributed by atoms with E-state index in [2.05, 4.69) is 158 Å². The Morgan fingerprint density at radius 2 is 0.735 bits per heavy atom. The van der Waals surface area contributed by atoms with Gasteiger partial charge in [-0.05, 0) is 85.9 Å². The predicted molar refractivity (Wildman–Crippen MR) is 201 cm³/mol. The summed E-state index contributed by atoms with van der Waals surface area (Å²) in [7, 11) is 0. The van der Waals surface area contributed by atoms with Crippen molar-refractivity contribution in [2.75, 3.05) is 0 Å². The Morgan fingerprint density at radius 1 is 0.286 bits per heavy atom. The van der Waals surface area contributed by atoms with Crippen LogP contribution in [0.5, 0.6) is 0 Å². The molecule has 0 radical (unpaired) electrons. The molecule has 228 valence electrons. The zero-order valence-electron chi connectivity index (χ0n) is 26.3. The van der Waals surface area contributed by atoms with Crippen LogP contribution in [0, 0.1) is 0 Å². The average molecular weight is 626 g/mol. The maximum atomic E-state index is 6.42. The van der Waals surface area contributed by atoms with E-state index < -0.39 is 0 Å². The lowest BCUT2D eigenvalue weighted by molar-refractivity contribution is 0.669. The highest BCUT2D eigenvalue weighted by molar-refractivity contribution is 6.10. The van der Waals surface area contributed by atoms with Crippen molar-refractivity contribution >= 4 is 54.3 Å². The van der Waals surface area contributed by atoms with Gasteiger partial charge in [0.1, 0.15) is 11.2 Å². The molecule has 2 aromatic heterocycles. The Morgan fingerprint density at radius 3 is 1.41 bits per heavy atom. The molecule has 0 aliphatic heterocycles. The summed E-state index contributed by atoms with van der Waals surface area (Å²) in [6.45, 7) is 0. The summed E-state index contributed by atoms with van der Waals surface area (Å²) >= 11 is 0. The molecule has 2 heterocycles. The molecule has 4 nitrogen and oxygen atoms in total. The molecule has 0 aliphatic carbocycles. The lowest BCUT2D eigenvalue weighted by atomic mass is 10.00. The van der Waals surface area contributed by atoms with Crippen molar-refractivity contribution < 1.29 is 4.42 Å². The molecular weight excluding hydrogens is 599 g/mol. The highest BCUT2D eigenvalue weighted by Gasteiger charge is 2.16. The number of nitrogens with zero attached hydrogens (tertiary/aromatic N) is 3. The van der Waals surface area contributed by atoms with Gasteiger partial charge in [-0.3, -0.25) is 0 Å². The minimum Gasteiger partial charge on any atom is -0.456 e. The third-order valence-corrected chi connectivity index (χ3v) is 9.45. The molecule has 49 heavy (non-hydrogen) atoms. The van der Waals surface area contributed by atoms with E-state index in [9.17, 15) is 0 Å². The van der Waals surface area contributed by atoms with Crippen molar-refractivity contribution in [3.05, 3.63) is 164 Å². The molecule has 0 atom stereocenters. The van der Waals surface area contributed by atoms with Crippen LogP contribution >= 0.6 is 0 Å². The third kappa shape index (κ3) is 4.81. The topological polar surface area (TPSA) is 51.8 Å². The van der Waals surface area contributed by atoms with Gasteiger partial charge in [-0.25, -0.2) is 15.0 Å². The molecule has 0 aliphatic rings. The highest BCUT2D eigenvalue weighted by Crippen LogP contribution is 2.35. The number of fused-ring (bicyclic) bond motifs is 6. The van der Waals surface area contributed by atoms with Crippen molar-refractivity contribution in [1.82, 2.24) is 15.0 Å². The number of hydrogen-bond donors (Lipinski definition) is 0. The molecule has 0 saturated heterocycles. The third-order valence-electron chi connectivity index (χ3n) is 9.45. The minimum absolute atomic E-state index is 0.597. The first-order valence-electron chi connectivity index (χ1n) is 16.4. The number of aromatic nitrogens is 3. The Balaban J connectivity index is 1.13. The first kappa shape index (κ1) is 27.5. The number of furan rings is 1. The zero-order valence-corrected chi connectivity index (χ0v) is 26.3. The van der Waals surface area contributed by atoms with Crippen LogP contribution in [0.4, 0.5) is 0 Å². The molecule has 4 heteroatoms. The van der Waals surface area contributed by atoms with Crippen LogP contribution in [0.1, 0.15) is 0 Å². The summed E-state index contributed by atoms with van der Waals surface area (Å²) in [5.74, 6) is 1.85. The van der Waals surface area contributed by atoms with Gasteiger partial charge in [-0.2, -0.15) is 0 Å². The second kappa shape index (κ2) is 11.0. The van der Waals surface area contributed by atoms with E-state index in [4.69, 9.17) is 19.4 Å². The fourth-order valence-electron chi connectivity index (χ4n) is 6.89. The summed E-state index contributed by atoms with van der Waals surface area (Å²) in [6.07, 6.45) is 0. The minimum atomic E-state index is 0.597. The summed E-state index contributed by atoms with van der Waals surface area (Å²) in [4.78, 5) is 15.2. The standard InChI is InChI=1S/C45H27N3O/c1-2-8-28(9-3-1)33-15-16-35-24-37(19-17-34(35)22-33)44-46-43(36-18-14-29-10-4-5-11-30(29)23-36)47-45(48-44)38-20-21-39-40-25-31-12-6-7-13-32(31)26-42(40)49-41(39)27-38/h1-27H. The number of hydrogen-bond acceptors (Lipinski definition) is 4. The van der Waals surface area contributed by atoms with Gasteiger partial charge in [0.25, 0.3) is 0 Å². The summed E-state index contributed by atoms with van der Waals surface area (Å²) in [5, 5.41) is 9.11. The van der Waals surface area contributed by atoms with E-state index >= 15 is 0 Å². The van der Waals surface area contributed by atoms with Crippen LogP contribution in [-0.4, -0.2) is 15.0 Å². The number of benzene rings is 8. The second-order valence-corrected chi connectivity index (χ2v) is 12.5. The molecule has 8 aromatic carbocycles. The SMILES string of the molecule is c1ccc(-c2ccc3cc(-c4nc(-c5ccc6ccccc6c5)nc(-c5ccc6c(c5)oc5cc7ccccc7cc56)n4)ccc3c2)cc1. The van der Waals surface area contributed by atoms with Crippen LogP contribution in [-0.2, 0) is 0 Å². The summed E-state index contributed by atoms with van der Waals surface area (Å²) < 4.78 is 6.42.